The maximum atomic E-state index is 13.4. The number of hydrogen-bond donors (Lipinski definition) is 1. The number of primary sulfonamides is 1. The van der Waals surface area contributed by atoms with Gasteiger partial charge in [0.2, 0.25) is 10.0 Å². The van der Waals surface area contributed by atoms with Gasteiger partial charge in [0.15, 0.2) is 0 Å². The third-order valence-electron chi connectivity index (χ3n) is 2.12. The maximum absolute atomic E-state index is 13.4. The van der Waals surface area contributed by atoms with Gasteiger partial charge >= 0.3 is 0 Å². The molecule has 18 heavy (non-hydrogen) atoms. The summed E-state index contributed by atoms with van der Waals surface area (Å²) < 4.78 is 35.7. The Morgan fingerprint density at radius 3 is 2.39 bits per heavy atom. The lowest BCUT2D eigenvalue weighted by molar-refractivity contribution is -0.385. The smallest absolute Gasteiger partial charge is 0.276 e. The summed E-state index contributed by atoms with van der Waals surface area (Å²) in [6, 6.07) is 1.46. The number of nitro benzene ring substituents is 1. The van der Waals surface area contributed by atoms with E-state index >= 15 is 0 Å². The number of sulfonamides is 1. The van der Waals surface area contributed by atoms with Gasteiger partial charge in [0.25, 0.3) is 5.69 Å². The monoisotopic (exact) mass is 277 g/mol. The second kappa shape index (κ2) is 4.96. The molecule has 0 spiro atoms. The molecule has 0 aliphatic carbocycles. The van der Waals surface area contributed by atoms with Crippen LogP contribution in [0.3, 0.4) is 0 Å². The van der Waals surface area contributed by atoms with E-state index in [1.54, 1.807) is 19.0 Å². The molecule has 1 aromatic carbocycles. The first-order chi connectivity index (χ1) is 8.12. The molecule has 1 aromatic rings. The van der Waals surface area contributed by atoms with Gasteiger partial charge in [-0.1, -0.05) is 0 Å². The summed E-state index contributed by atoms with van der Waals surface area (Å²) >= 11 is 0. The van der Waals surface area contributed by atoms with Gasteiger partial charge in [0, 0.05) is 12.1 Å². The number of nitrogens with two attached hydrogens (primary N) is 1. The molecule has 0 aliphatic heterocycles. The normalized spacial score (nSPS) is 11.8. The summed E-state index contributed by atoms with van der Waals surface area (Å²) in [6.07, 6.45) is 0. The third kappa shape index (κ3) is 3.22. The number of nitro groups is 1. The van der Waals surface area contributed by atoms with Crippen LogP contribution in [-0.4, -0.2) is 32.3 Å². The minimum atomic E-state index is -4.25. The summed E-state index contributed by atoms with van der Waals surface area (Å²) in [6.45, 7) is 0.0963. The van der Waals surface area contributed by atoms with Crippen LogP contribution in [0.15, 0.2) is 17.0 Å². The number of nitrogens with zero attached hydrogens (tertiary/aromatic N) is 2. The quantitative estimate of drug-likeness (QED) is 0.635. The highest BCUT2D eigenvalue weighted by Gasteiger charge is 2.23. The summed E-state index contributed by atoms with van der Waals surface area (Å²) in [5, 5.41) is 15.6. The molecule has 0 aromatic heterocycles. The van der Waals surface area contributed by atoms with Gasteiger partial charge in [0.05, 0.1) is 11.0 Å². The first-order valence-corrected chi connectivity index (χ1v) is 6.32. The Hall–Kier alpha value is -1.58. The zero-order valence-corrected chi connectivity index (χ0v) is 10.6. The Morgan fingerprint density at radius 2 is 2.00 bits per heavy atom. The van der Waals surface area contributed by atoms with E-state index in [-0.39, 0.29) is 12.1 Å². The molecular formula is C9H12FN3O4S. The van der Waals surface area contributed by atoms with Crippen molar-refractivity contribution in [2.24, 2.45) is 5.14 Å². The fourth-order valence-electron chi connectivity index (χ4n) is 1.44. The highest BCUT2D eigenvalue weighted by molar-refractivity contribution is 7.89. The van der Waals surface area contributed by atoms with Crippen LogP contribution in [0.4, 0.5) is 10.1 Å². The predicted molar refractivity (Wildman–Crippen MR) is 61.8 cm³/mol. The van der Waals surface area contributed by atoms with Gasteiger partial charge < -0.3 is 4.90 Å². The summed E-state index contributed by atoms with van der Waals surface area (Å²) in [4.78, 5) is 10.8. The number of rotatable bonds is 4. The molecule has 0 amide bonds. The number of halogens is 1. The number of benzene rings is 1. The molecule has 0 saturated heterocycles. The fraction of sp³-hybridized carbons (Fsp3) is 0.333. The van der Waals surface area contributed by atoms with Crippen molar-refractivity contribution < 1.29 is 17.7 Å². The van der Waals surface area contributed by atoms with E-state index in [1.165, 1.54) is 0 Å². The standard InChI is InChI=1S/C9H12FN3O4S/c1-12(2)5-6-3-9(18(11,16)17)7(10)4-8(6)13(14)15/h3-4H,5H2,1-2H3,(H2,11,16,17). The van der Waals surface area contributed by atoms with Gasteiger partial charge in [-0.05, 0) is 20.2 Å². The van der Waals surface area contributed by atoms with Crippen LogP contribution in [0.25, 0.3) is 0 Å². The number of hydrogen-bond acceptors (Lipinski definition) is 5. The van der Waals surface area contributed by atoms with Crippen molar-refractivity contribution in [2.75, 3.05) is 14.1 Å². The van der Waals surface area contributed by atoms with Gasteiger partial charge in [-0.15, -0.1) is 0 Å². The van der Waals surface area contributed by atoms with Crippen molar-refractivity contribution in [3.8, 4) is 0 Å². The molecule has 2 N–H and O–H groups in total. The first-order valence-electron chi connectivity index (χ1n) is 4.77. The lowest BCUT2D eigenvalue weighted by Gasteiger charge is -2.11. The largest absolute Gasteiger partial charge is 0.305 e. The highest BCUT2D eigenvalue weighted by atomic mass is 32.2. The van der Waals surface area contributed by atoms with E-state index < -0.39 is 31.3 Å². The highest BCUT2D eigenvalue weighted by Crippen LogP contribution is 2.25. The van der Waals surface area contributed by atoms with Crippen LogP contribution in [0.2, 0.25) is 0 Å². The molecule has 0 fully saturated rings. The van der Waals surface area contributed by atoms with Crippen molar-refractivity contribution in [1.29, 1.82) is 0 Å². The van der Waals surface area contributed by atoms with Crippen molar-refractivity contribution >= 4 is 15.7 Å². The molecule has 0 bridgehead atoms. The van der Waals surface area contributed by atoms with Crippen molar-refractivity contribution in [2.45, 2.75) is 11.4 Å². The lowest BCUT2D eigenvalue weighted by Crippen LogP contribution is -2.17. The van der Waals surface area contributed by atoms with E-state index in [0.29, 0.717) is 6.07 Å². The molecular weight excluding hydrogens is 265 g/mol. The topological polar surface area (TPSA) is 107 Å². The second-order valence-electron chi connectivity index (χ2n) is 3.95. The SMILES string of the molecule is CN(C)Cc1cc(S(N)(=O)=O)c(F)cc1[N+](=O)[O-]. The average molecular weight is 277 g/mol. The molecule has 0 atom stereocenters. The summed E-state index contributed by atoms with van der Waals surface area (Å²) in [7, 11) is -0.965. The van der Waals surface area contributed by atoms with Gasteiger partial charge in [-0.25, -0.2) is 17.9 Å². The van der Waals surface area contributed by atoms with E-state index in [2.05, 4.69) is 0 Å². The van der Waals surface area contributed by atoms with Crippen molar-refractivity contribution in [3.05, 3.63) is 33.6 Å². The third-order valence-corrected chi connectivity index (χ3v) is 3.05. The second-order valence-corrected chi connectivity index (χ2v) is 5.48. The zero-order valence-electron chi connectivity index (χ0n) is 9.75. The van der Waals surface area contributed by atoms with Gasteiger partial charge in [-0.3, -0.25) is 10.1 Å². The van der Waals surface area contributed by atoms with E-state index in [1.807, 2.05) is 0 Å². The van der Waals surface area contributed by atoms with E-state index in [0.717, 1.165) is 6.07 Å². The molecule has 0 unspecified atom stereocenters. The lowest BCUT2D eigenvalue weighted by atomic mass is 10.1. The van der Waals surface area contributed by atoms with Crippen LogP contribution < -0.4 is 5.14 Å². The van der Waals surface area contributed by atoms with Crippen LogP contribution in [0, 0.1) is 15.9 Å². The molecule has 0 radical (unpaired) electrons. The fourth-order valence-corrected chi connectivity index (χ4v) is 2.08. The van der Waals surface area contributed by atoms with Crippen molar-refractivity contribution in [3.63, 3.8) is 0 Å². The van der Waals surface area contributed by atoms with Crippen LogP contribution >= 0.6 is 0 Å². The average Bonchev–Trinajstić information content (AvgIpc) is 2.17. The minimum absolute atomic E-state index is 0.0791. The molecule has 7 nitrogen and oxygen atoms in total. The Labute approximate surface area is 103 Å². The Kier molecular flexibility index (Phi) is 3.99. The van der Waals surface area contributed by atoms with Gasteiger partial charge in [-0.2, -0.15) is 0 Å². The first kappa shape index (κ1) is 14.5. The molecule has 0 heterocycles. The zero-order chi connectivity index (χ0) is 14.1. The van der Waals surface area contributed by atoms with Crippen LogP contribution in [-0.2, 0) is 16.6 Å². The molecule has 0 saturated carbocycles. The van der Waals surface area contributed by atoms with Crippen LogP contribution in [0.5, 0.6) is 0 Å². The molecule has 0 aliphatic rings. The van der Waals surface area contributed by atoms with E-state index in [4.69, 9.17) is 5.14 Å². The Bertz CT molecular complexity index is 586. The Morgan fingerprint density at radius 1 is 1.44 bits per heavy atom. The maximum Gasteiger partial charge on any atom is 0.276 e. The Balaban J connectivity index is 3.50. The molecule has 1 rings (SSSR count). The van der Waals surface area contributed by atoms with Crippen LogP contribution in [0.1, 0.15) is 5.56 Å². The molecule has 9 heteroatoms. The molecule has 100 valence electrons. The van der Waals surface area contributed by atoms with E-state index in [9.17, 15) is 22.9 Å². The van der Waals surface area contributed by atoms with Crippen molar-refractivity contribution in [1.82, 2.24) is 4.90 Å². The summed E-state index contributed by atoms with van der Waals surface area (Å²) in [5.41, 5.74) is -0.399. The summed E-state index contributed by atoms with van der Waals surface area (Å²) in [5.74, 6) is -1.23. The van der Waals surface area contributed by atoms with Gasteiger partial charge in [0.1, 0.15) is 10.7 Å². The minimum Gasteiger partial charge on any atom is -0.305 e. The predicted octanol–water partition coefficient (Wildman–Crippen LogP) is 0.443.